The monoisotopic (exact) mass is 283 g/mol. The Hall–Kier alpha value is -0.610. The van der Waals surface area contributed by atoms with Crippen molar-refractivity contribution < 1.29 is 14.3 Å². The second-order valence-corrected chi connectivity index (χ2v) is 7.42. The minimum absolute atomic E-state index is 0.222. The van der Waals surface area contributed by atoms with Crippen LogP contribution < -0.4 is 5.32 Å². The van der Waals surface area contributed by atoms with Gasteiger partial charge < -0.3 is 9.47 Å². The molecule has 0 aromatic rings. The summed E-state index contributed by atoms with van der Waals surface area (Å²) < 4.78 is 11.0. The van der Waals surface area contributed by atoms with E-state index in [4.69, 9.17) is 9.47 Å². The third-order valence-electron chi connectivity index (χ3n) is 4.63. The first-order chi connectivity index (χ1) is 9.35. The van der Waals surface area contributed by atoms with Gasteiger partial charge in [0.05, 0.1) is 19.8 Å². The van der Waals surface area contributed by atoms with Gasteiger partial charge in [0.2, 0.25) is 0 Å². The molecule has 0 saturated heterocycles. The molecule has 4 nitrogen and oxygen atoms in total. The maximum Gasteiger partial charge on any atom is 0.328 e. The standard InChI is InChI=1S/C16H29NO3/c1-15(2)9-7-13(8-10-15)20-11-16(3,14(18)19-4)17-12-5-6-12/h12-13,17H,5-11H2,1-4H3. The molecular formula is C16H29NO3. The Morgan fingerprint density at radius 2 is 1.85 bits per heavy atom. The summed E-state index contributed by atoms with van der Waals surface area (Å²) in [4.78, 5) is 12.0. The molecule has 0 aromatic carbocycles. The van der Waals surface area contributed by atoms with Gasteiger partial charge in [-0.05, 0) is 50.9 Å². The van der Waals surface area contributed by atoms with Gasteiger partial charge in [-0.15, -0.1) is 0 Å². The van der Waals surface area contributed by atoms with E-state index < -0.39 is 5.54 Å². The Labute approximate surface area is 122 Å². The van der Waals surface area contributed by atoms with Crippen LogP contribution in [-0.4, -0.2) is 37.4 Å². The molecule has 0 aromatic heterocycles. The molecule has 1 atom stereocenters. The van der Waals surface area contributed by atoms with Crippen LogP contribution in [0.3, 0.4) is 0 Å². The van der Waals surface area contributed by atoms with Crippen molar-refractivity contribution in [3.05, 3.63) is 0 Å². The second-order valence-electron chi connectivity index (χ2n) is 7.42. The van der Waals surface area contributed by atoms with Crippen LogP contribution in [-0.2, 0) is 14.3 Å². The van der Waals surface area contributed by atoms with E-state index >= 15 is 0 Å². The third-order valence-corrected chi connectivity index (χ3v) is 4.63. The van der Waals surface area contributed by atoms with Crippen LogP contribution in [0.15, 0.2) is 0 Å². The first-order valence-corrected chi connectivity index (χ1v) is 7.82. The Kier molecular flexibility index (Phi) is 4.75. The SMILES string of the molecule is COC(=O)C(C)(COC1CCC(C)(C)CC1)NC1CC1. The number of hydrogen-bond donors (Lipinski definition) is 1. The van der Waals surface area contributed by atoms with E-state index in [-0.39, 0.29) is 12.1 Å². The van der Waals surface area contributed by atoms with Gasteiger partial charge >= 0.3 is 5.97 Å². The Bertz CT molecular complexity index is 342. The maximum absolute atomic E-state index is 12.0. The van der Waals surface area contributed by atoms with Crippen molar-refractivity contribution in [3.63, 3.8) is 0 Å². The zero-order valence-corrected chi connectivity index (χ0v) is 13.3. The molecule has 116 valence electrons. The molecule has 4 heteroatoms. The minimum Gasteiger partial charge on any atom is -0.468 e. The highest BCUT2D eigenvalue weighted by Gasteiger charge is 2.40. The molecule has 2 fully saturated rings. The molecule has 0 amide bonds. The molecule has 2 saturated carbocycles. The first-order valence-electron chi connectivity index (χ1n) is 7.82. The summed E-state index contributed by atoms with van der Waals surface area (Å²) in [5, 5.41) is 3.37. The van der Waals surface area contributed by atoms with Crippen molar-refractivity contribution >= 4 is 5.97 Å². The molecule has 1 N–H and O–H groups in total. The predicted octanol–water partition coefficient (Wildman–Crippen LogP) is 2.66. The summed E-state index contributed by atoms with van der Waals surface area (Å²) in [7, 11) is 1.44. The molecule has 20 heavy (non-hydrogen) atoms. The van der Waals surface area contributed by atoms with Gasteiger partial charge in [-0.3, -0.25) is 5.32 Å². The van der Waals surface area contributed by atoms with Gasteiger partial charge in [0.25, 0.3) is 0 Å². The fourth-order valence-electron chi connectivity index (χ4n) is 2.89. The molecule has 0 bridgehead atoms. The number of rotatable bonds is 6. The van der Waals surface area contributed by atoms with Crippen LogP contribution >= 0.6 is 0 Å². The van der Waals surface area contributed by atoms with Crippen molar-refractivity contribution in [3.8, 4) is 0 Å². The van der Waals surface area contributed by atoms with Crippen molar-refractivity contribution in [2.45, 2.75) is 77.0 Å². The van der Waals surface area contributed by atoms with Gasteiger partial charge in [0, 0.05) is 6.04 Å². The summed E-state index contributed by atoms with van der Waals surface area (Å²) in [6, 6.07) is 0.452. The average molecular weight is 283 g/mol. The summed E-state index contributed by atoms with van der Waals surface area (Å²) in [5.74, 6) is -0.222. The minimum atomic E-state index is -0.705. The van der Waals surface area contributed by atoms with Gasteiger partial charge in [0.1, 0.15) is 5.54 Å². The molecule has 0 aliphatic heterocycles. The van der Waals surface area contributed by atoms with E-state index in [1.807, 2.05) is 6.92 Å². The highest BCUT2D eigenvalue weighted by atomic mass is 16.5. The predicted molar refractivity (Wildman–Crippen MR) is 78.6 cm³/mol. The number of nitrogens with one attached hydrogen (secondary N) is 1. The van der Waals surface area contributed by atoms with Crippen LogP contribution in [0.25, 0.3) is 0 Å². The molecule has 2 rings (SSSR count). The van der Waals surface area contributed by atoms with Crippen LogP contribution in [0.4, 0.5) is 0 Å². The normalized spacial score (nSPS) is 26.0. The van der Waals surface area contributed by atoms with Gasteiger partial charge in [0.15, 0.2) is 0 Å². The summed E-state index contributed by atoms with van der Waals surface area (Å²) in [6.07, 6.45) is 7.15. The molecule has 1 unspecified atom stereocenters. The number of ether oxygens (including phenoxy) is 2. The Morgan fingerprint density at radius 1 is 1.25 bits per heavy atom. The van der Waals surface area contributed by atoms with Crippen LogP contribution in [0, 0.1) is 5.41 Å². The van der Waals surface area contributed by atoms with E-state index in [1.54, 1.807) is 0 Å². The van der Waals surface area contributed by atoms with Gasteiger partial charge in [-0.25, -0.2) is 4.79 Å². The lowest BCUT2D eigenvalue weighted by Gasteiger charge is -2.36. The first kappa shape index (κ1) is 15.8. The average Bonchev–Trinajstić information content (AvgIpc) is 3.20. The fourth-order valence-corrected chi connectivity index (χ4v) is 2.89. The zero-order valence-electron chi connectivity index (χ0n) is 13.3. The topological polar surface area (TPSA) is 47.6 Å². The highest BCUT2D eigenvalue weighted by Crippen LogP contribution is 2.36. The molecular weight excluding hydrogens is 254 g/mol. The largest absolute Gasteiger partial charge is 0.468 e. The molecule has 2 aliphatic carbocycles. The number of esters is 1. The second kappa shape index (κ2) is 6.02. The molecule has 0 heterocycles. The molecule has 0 spiro atoms. The lowest BCUT2D eigenvalue weighted by atomic mass is 9.76. The van der Waals surface area contributed by atoms with Gasteiger partial charge in [-0.2, -0.15) is 0 Å². The maximum atomic E-state index is 12.0. The van der Waals surface area contributed by atoms with Crippen molar-refractivity contribution in [2.24, 2.45) is 5.41 Å². The van der Waals surface area contributed by atoms with Gasteiger partial charge in [-0.1, -0.05) is 13.8 Å². The number of methoxy groups -OCH3 is 1. The van der Waals surface area contributed by atoms with E-state index in [0.29, 0.717) is 18.1 Å². The number of carbonyl (C=O) groups excluding carboxylic acids is 1. The van der Waals surface area contributed by atoms with E-state index in [1.165, 1.54) is 20.0 Å². The lowest BCUT2D eigenvalue weighted by Crippen LogP contribution is -2.55. The van der Waals surface area contributed by atoms with Crippen molar-refractivity contribution in [1.29, 1.82) is 0 Å². The van der Waals surface area contributed by atoms with E-state index in [0.717, 1.165) is 25.7 Å². The van der Waals surface area contributed by atoms with Crippen LogP contribution in [0.2, 0.25) is 0 Å². The summed E-state index contributed by atoms with van der Waals surface area (Å²) in [6.45, 7) is 6.93. The third kappa shape index (κ3) is 4.19. The molecule has 2 aliphatic rings. The quantitative estimate of drug-likeness (QED) is 0.761. The van der Waals surface area contributed by atoms with Crippen LogP contribution in [0.5, 0.6) is 0 Å². The zero-order chi connectivity index (χ0) is 14.8. The van der Waals surface area contributed by atoms with E-state index in [9.17, 15) is 4.79 Å². The van der Waals surface area contributed by atoms with Crippen LogP contribution in [0.1, 0.15) is 59.3 Å². The van der Waals surface area contributed by atoms with Crippen molar-refractivity contribution in [1.82, 2.24) is 5.32 Å². The Morgan fingerprint density at radius 3 is 2.35 bits per heavy atom. The smallest absolute Gasteiger partial charge is 0.328 e. The molecule has 0 radical (unpaired) electrons. The summed E-state index contributed by atoms with van der Waals surface area (Å²) in [5.41, 5.74) is -0.263. The van der Waals surface area contributed by atoms with Crippen molar-refractivity contribution in [2.75, 3.05) is 13.7 Å². The number of hydrogen-bond acceptors (Lipinski definition) is 4. The number of carbonyl (C=O) groups is 1. The van der Waals surface area contributed by atoms with E-state index in [2.05, 4.69) is 19.2 Å². The fraction of sp³-hybridized carbons (Fsp3) is 0.938. The summed E-state index contributed by atoms with van der Waals surface area (Å²) >= 11 is 0. The Balaban J connectivity index is 1.84. The lowest BCUT2D eigenvalue weighted by molar-refractivity contribution is -0.152. The highest BCUT2D eigenvalue weighted by molar-refractivity contribution is 5.80.